The number of hydrogen-bond donors (Lipinski definition) is 0. The van der Waals surface area contributed by atoms with Crippen LogP contribution >= 0.6 is 11.6 Å². The number of ether oxygens (including phenoxy) is 1. The molecule has 0 spiro atoms. The van der Waals surface area contributed by atoms with Crippen LogP contribution in [-0.2, 0) is 6.18 Å². The average Bonchev–Trinajstić information content (AvgIpc) is 2.34. The molecule has 0 saturated carbocycles. The number of nitrogens with zero attached hydrogens (tertiary/aromatic N) is 1. The van der Waals surface area contributed by atoms with Gasteiger partial charge in [0.2, 0.25) is 0 Å². The molecule has 0 aromatic heterocycles. The summed E-state index contributed by atoms with van der Waals surface area (Å²) in [6.07, 6.45) is -4.72. The maximum atomic E-state index is 12.8. The fraction of sp³-hybridized carbons (Fsp3) is 0.273. The van der Waals surface area contributed by atoms with Crippen LogP contribution < -0.4 is 4.74 Å². The zero-order valence-electron chi connectivity index (χ0n) is 9.14. The molecule has 0 atom stereocenters. The average molecular weight is 278 g/mol. The summed E-state index contributed by atoms with van der Waals surface area (Å²) in [6, 6.07) is 3.21. The normalized spacial score (nSPS) is 10.9. The van der Waals surface area contributed by atoms with Gasteiger partial charge in [0.1, 0.15) is 5.75 Å². The van der Waals surface area contributed by atoms with Gasteiger partial charge in [-0.1, -0.05) is 0 Å². The Morgan fingerprint density at radius 3 is 2.50 bits per heavy atom. The van der Waals surface area contributed by atoms with Crippen LogP contribution in [-0.4, -0.2) is 18.8 Å². The minimum Gasteiger partial charge on any atom is -0.495 e. The van der Waals surface area contributed by atoms with Crippen LogP contribution in [0.4, 0.5) is 13.2 Å². The second-order valence-corrected chi connectivity index (χ2v) is 3.54. The van der Waals surface area contributed by atoms with E-state index >= 15 is 0 Å². The molecule has 0 fully saturated rings. The van der Waals surface area contributed by atoms with E-state index in [4.69, 9.17) is 16.9 Å². The molecule has 0 amide bonds. The van der Waals surface area contributed by atoms with Gasteiger partial charge in [-0.3, -0.25) is 4.79 Å². The summed E-state index contributed by atoms with van der Waals surface area (Å²) in [6.45, 7) is 0. The largest absolute Gasteiger partial charge is 0.495 e. The standard InChI is InChI=1S/C11H7ClF3NO2/c1-18-10-7(9(17)4-12)2-6(5-16)3-8(10)11(13,14)15/h2-3H,4H2,1H3. The minimum absolute atomic E-state index is 0.281. The van der Waals surface area contributed by atoms with Crippen molar-refractivity contribution in [3.8, 4) is 11.8 Å². The van der Waals surface area contributed by atoms with Crippen LogP contribution in [0.5, 0.6) is 5.75 Å². The molecule has 0 bridgehead atoms. The number of halogens is 4. The second kappa shape index (κ2) is 5.27. The number of Topliss-reactive ketones (excluding diaryl/α,β-unsaturated/α-hetero) is 1. The Labute approximate surface area is 106 Å². The van der Waals surface area contributed by atoms with Crippen molar-refractivity contribution in [2.24, 2.45) is 0 Å². The number of benzene rings is 1. The van der Waals surface area contributed by atoms with Gasteiger partial charge in [0.25, 0.3) is 0 Å². The topological polar surface area (TPSA) is 50.1 Å². The van der Waals surface area contributed by atoms with Crippen LogP contribution in [0.15, 0.2) is 12.1 Å². The summed E-state index contributed by atoms with van der Waals surface area (Å²) < 4.78 is 42.9. The molecular formula is C11H7ClF3NO2. The molecule has 0 N–H and O–H groups in total. The van der Waals surface area contributed by atoms with Crippen molar-refractivity contribution in [2.45, 2.75) is 6.18 Å². The summed E-state index contributed by atoms with van der Waals surface area (Å²) in [4.78, 5) is 11.5. The Kier molecular flexibility index (Phi) is 4.19. The zero-order valence-corrected chi connectivity index (χ0v) is 9.89. The summed E-state index contributed by atoms with van der Waals surface area (Å²) >= 11 is 5.31. The van der Waals surface area contributed by atoms with Crippen molar-refractivity contribution in [2.75, 3.05) is 13.0 Å². The smallest absolute Gasteiger partial charge is 0.420 e. The molecule has 0 aliphatic heterocycles. The van der Waals surface area contributed by atoms with Crippen molar-refractivity contribution >= 4 is 17.4 Å². The molecule has 18 heavy (non-hydrogen) atoms. The van der Waals surface area contributed by atoms with E-state index in [0.29, 0.717) is 6.07 Å². The van der Waals surface area contributed by atoms with Crippen molar-refractivity contribution in [1.82, 2.24) is 0 Å². The van der Waals surface area contributed by atoms with Gasteiger partial charge in [-0.25, -0.2) is 0 Å². The number of carbonyl (C=O) groups excluding carboxylic acids is 1. The van der Waals surface area contributed by atoms with Crippen molar-refractivity contribution in [3.63, 3.8) is 0 Å². The fourth-order valence-corrected chi connectivity index (χ4v) is 1.55. The first kappa shape index (κ1) is 14.3. The predicted molar refractivity (Wildman–Crippen MR) is 57.8 cm³/mol. The number of ketones is 1. The van der Waals surface area contributed by atoms with E-state index in [2.05, 4.69) is 4.74 Å². The highest BCUT2D eigenvalue weighted by atomic mass is 35.5. The van der Waals surface area contributed by atoms with Gasteiger partial charge in [-0.2, -0.15) is 18.4 Å². The highest BCUT2D eigenvalue weighted by Gasteiger charge is 2.36. The van der Waals surface area contributed by atoms with E-state index in [-0.39, 0.29) is 11.1 Å². The lowest BCUT2D eigenvalue weighted by atomic mass is 10.0. The summed E-state index contributed by atoms with van der Waals surface area (Å²) in [7, 11) is 1.02. The monoisotopic (exact) mass is 277 g/mol. The van der Waals surface area contributed by atoms with Gasteiger partial charge >= 0.3 is 6.18 Å². The van der Waals surface area contributed by atoms with E-state index in [1.165, 1.54) is 0 Å². The minimum atomic E-state index is -4.72. The van der Waals surface area contributed by atoms with Gasteiger partial charge < -0.3 is 4.74 Å². The first-order valence-corrected chi connectivity index (χ1v) is 5.17. The van der Waals surface area contributed by atoms with Gasteiger partial charge in [-0.15, -0.1) is 11.6 Å². The Hall–Kier alpha value is -1.74. The van der Waals surface area contributed by atoms with E-state index in [1.807, 2.05) is 0 Å². The second-order valence-electron chi connectivity index (χ2n) is 3.27. The van der Waals surface area contributed by atoms with Crippen LogP contribution in [0, 0.1) is 11.3 Å². The van der Waals surface area contributed by atoms with Gasteiger partial charge in [-0.05, 0) is 12.1 Å². The Morgan fingerprint density at radius 1 is 1.50 bits per heavy atom. The summed E-state index contributed by atoms with van der Waals surface area (Å²) in [5.41, 5.74) is -1.80. The SMILES string of the molecule is COc1c(C(=O)CCl)cc(C#N)cc1C(F)(F)F. The molecule has 0 aliphatic carbocycles. The molecule has 1 aromatic carbocycles. The maximum absolute atomic E-state index is 12.8. The molecule has 96 valence electrons. The van der Waals surface area contributed by atoms with Crippen LogP contribution in [0.3, 0.4) is 0 Å². The lowest BCUT2D eigenvalue weighted by Gasteiger charge is -2.15. The zero-order chi connectivity index (χ0) is 13.9. The molecule has 0 unspecified atom stereocenters. The third kappa shape index (κ3) is 2.74. The fourth-order valence-electron chi connectivity index (χ4n) is 1.40. The molecule has 1 rings (SSSR count). The lowest BCUT2D eigenvalue weighted by molar-refractivity contribution is -0.138. The molecule has 0 radical (unpaired) electrons. The Bertz CT molecular complexity index is 520. The highest BCUT2D eigenvalue weighted by Crippen LogP contribution is 2.39. The van der Waals surface area contributed by atoms with Crippen LogP contribution in [0.2, 0.25) is 0 Å². The number of methoxy groups -OCH3 is 1. The van der Waals surface area contributed by atoms with Crippen LogP contribution in [0.1, 0.15) is 21.5 Å². The van der Waals surface area contributed by atoms with Crippen LogP contribution in [0.25, 0.3) is 0 Å². The first-order valence-electron chi connectivity index (χ1n) is 4.63. The third-order valence-corrected chi connectivity index (χ3v) is 2.39. The first-order chi connectivity index (χ1) is 8.35. The van der Waals surface area contributed by atoms with E-state index in [1.54, 1.807) is 6.07 Å². The molecule has 1 aromatic rings. The number of hydrogen-bond acceptors (Lipinski definition) is 3. The number of carbonyl (C=O) groups is 1. The number of alkyl halides is 4. The number of nitriles is 1. The van der Waals surface area contributed by atoms with Crippen molar-refractivity contribution in [3.05, 3.63) is 28.8 Å². The molecule has 0 heterocycles. The quantitative estimate of drug-likeness (QED) is 0.630. The van der Waals surface area contributed by atoms with Gasteiger partial charge in [0, 0.05) is 0 Å². The van der Waals surface area contributed by atoms with E-state index in [0.717, 1.165) is 13.2 Å². The third-order valence-electron chi connectivity index (χ3n) is 2.15. The lowest BCUT2D eigenvalue weighted by Crippen LogP contribution is -2.13. The highest BCUT2D eigenvalue weighted by molar-refractivity contribution is 6.30. The number of rotatable bonds is 3. The maximum Gasteiger partial charge on any atom is 0.420 e. The van der Waals surface area contributed by atoms with Crippen molar-refractivity contribution < 1.29 is 22.7 Å². The summed E-state index contributed by atoms with van der Waals surface area (Å²) in [5.74, 6) is -1.86. The molecule has 3 nitrogen and oxygen atoms in total. The predicted octanol–water partition coefficient (Wildman–Crippen LogP) is 3.01. The van der Waals surface area contributed by atoms with Crippen molar-refractivity contribution in [1.29, 1.82) is 5.26 Å². The van der Waals surface area contributed by atoms with Gasteiger partial charge in [0.05, 0.1) is 35.7 Å². The van der Waals surface area contributed by atoms with Gasteiger partial charge in [0.15, 0.2) is 5.78 Å². The molecule has 0 aliphatic rings. The summed E-state index contributed by atoms with van der Waals surface area (Å²) in [5, 5.41) is 8.67. The molecule has 7 heteroatoms. The molecular weight excluding hydrogens is 271 g/mol. The Morgan fingerprint density at radius 2 is 2.11 bits per heavy atom. The van der Waals surface area contributed by atoms with E-state index in [9.17, 15) is 18.0 Å². The molecule has 0 saturated heterocycles. The Balaban J connectivity index is 3.62. The van der Waals surface area contributed by atoms with E-state index < -0.39 is 29.2 Å².